The average Bonchev–Trinajstić information content (AvgIpc) is 2.63. The maximum Gasteiger partial charge on any atom is 0.313 e. The summed E-state index contributed by atoms with van der Waals surface area (Å²) in [5, 5.41) is 8.28. The monoisotopic (exact) mass is 373 g/mol. The van der Waals surface area contributed by atoms with E-state index in [0.717, 1.165) is 37.2 Å². The lowest BCUT2D eigenvalue weighted by Crippen LogP contribution is -2.43. The standard InChI is InChI=1S/C21H31N3O3/c1-4-15-5-9-17(10-6-15)23-20(26)21(27)24-18-11-7-16(8-12-18)13-19(25)22-14(2)3/h7-8,11-12,14-15,17H,4-6,9-10,13H2,1-3H3,(H,22,25)(H,23,26)(H,24,27). The summed E-state index contributed by atoms with van der Waals surface area (Å²) in [4.78, 5) is 36.0. The second-order valence-corrected chi connectivity index (χ2v) is 7.65. The van der Waals surface area contributed by atoms with Gasteiger partial charge in [-0.3, -0.25) is 14.4 Å². The Morgan fingerprint density at radius 1 is 1.00 bits per heavy atom. The van der Waals surface area contributed by atoms with Crippen molar-refractivity contribution >= 4 is 23.4 Å². The van der Waals surface area contributed by atoms with Crippen LogP contribution in [0, 0.1) is 5.92 Å². The van der Waals surface area contributed by atoms with Crippen molar-refractivity contribution in [2.75, 3.05) is 5.32 Å². The molecule has 0 radical (unpaired) electrons. The average molecular weight is 373 g/mol. The predicted molar refractivity (Wildman–Crippen MR) is 106 cm³/mol. The molecule has 1 fully saturated rings. The van der Waals surface area contributed by atoms with Crippen LogP contribution >= 0.6 is 0 Å². The van der Waals surface area contributed by atoms with Crippen molar-refractivity contribution in [2.24, 2.45) is 5.92 Å². The Morgan fingerprint density at radius 3 is 2.19 bits per heavy atom. The van der Waals surface area contributed by atoms with E-state index in [2.05, 4.69) is 22.9 Å². The fourth-order valence-electron chi connectivity index (χ4n) is 3.42. The maximum absolute atomic E-state index is 12.1. The summed E-state index contributed by atoms with van der Waals surface area (Å²) in [6.45, 7) is 6.02. The Labute approximate surface area is 161 Å². The van der Waals surface area contributed by atoms with Crippen molar-refractivity contribution < 1.29 is 14.4 Å². The van der Waals surface area contributed by atoms with Crippen LogP contribution in [0.15, 0.2) is 24.3 Å². The topological polar surface area (TPSA) is 87.3 Å². The molecule has 27 heavy (non-hydrogen) atoms. The fourth-order valence-corrected chi connectivity index (χ4v) is 3.42. The number of anilines is 1. The van der Waals surface area contributed by atoms with Gasteiger partial charge in [0.1, 0.15) is 0 Å². The fraction of sp³-hybridized carbons (Fsp3) is 0.571. The van der Waals surface area contributed by atoms with Gasteiger partial charge in [-0.05, 0) is 63.1 Å². The lowest BCUT2D eigenvalue weighted by Gasteiger charge is -2.28. The van der Waals surface area contributed by atoms with Gasteiger partial charge in [-0.15, -0.1) is 0 Å². The summed E-state index contributed by atoms with van der Waals surface area (Å²) in [5.74, 6) is -0.541. The molecule has 0 bridgehead atoms. The quantitative estimate of drug-likeness (QED) is 0.670. The third-order valence-electron chi connectivity index (χ3n) is 4.99. The smallest absolute Gasteiger partial charge is 0.313 e. The van der Waals surface area contributed by atoms with E-state index >= 15 is 0 Å². The van der Waals surface area contributed by atoms with Crippen molar-refractivity contribution in [1.82, 2.24) is 10.6 Å². The van der Waals surface area contributed by atoms with Gasteiger partial charge < -0.3 is 16.0 Å². The second-order valence-electron chi connectivity index (χ2n) is 7.65. The van der Waals surface area contributed by atoms with Gasteiger partial charge in [0.05, 0.1) is 6.42 Å². The van der Waals surface area contributed by atoms with Crippen LogP contribution in [0.2, 0.25) is 0 Å². The second kappa shape index (κ2) is 10.1. The van der Waals surface area contributed by atoms with Crippen LogP contribution < -0.4 is 16.0 Å². The van der Waals surface area contributed by atoms with Gasteiger partial charge in [0, 0.05) is 17.8 Å². The van der Waals surface area contributed by atoms with E-state index in [0.29, 0.717) is 5.69 Å². The number of rotatable bonds is 6. The van der Waals surface area contributed by atoms with Gasteiger partial charge in [0.2, 0.25) is 5.91 Å². The van der Waals surface area contributed by atoms with Gasteiger partial charge in [-0.2, -0.15) is 0 Å². The minimum atomic E-state index is -0.655. The predicted octanol–water partition coefficient (Wildman–Crippen LogP) is 2.78. The minimum Gasteiger partial charge on any atom is -0.354 e. The number of hydrogen-bond donors (Lipinski definition) is 3. The van der Waals surface area contributed by atoms with Crippen LogP contribution in [0.4, 0.5) is 5.69 Å². The van der Waals surface area contributed by atoms with Gasteiger partial charge in [-0.1, -0.05) is 25.5 Å². The molecular formula is C21H31N3O3. The van der Waals surface area contributed by atoms with Gasteiger partial charge in [-0.25, -0.2) is 0 Å². The first-order valence-electron chi connectivity index (χ1n) is 9.87. The third kappa shape index (κ3) is 7.04. The molecule has 1 aromatic rings. The minimum absolute atomic E-state index is 0.0426. The lowest BCUT2D eigenvalue weighted by atomic mass is 9.84. The summed E-state index contributed by atoms with van der Waals surface area (Å²) in [5.41, 5.74) is 1.39. The Morgan fingerprint density at radius 2 is 1.63 bits per heavy atom. The number of nitrogens with one attached hydrogen (secondary N) is 3. The summed E-state index contributed by atoms with van der Waals surface area (Å²) in [7, 11) is 0. The molecule has 0 spiro atoms. The summed E-state index contributed by atoms with van der Waals surface area (Å²) in [6.07, 6.45) is 5.54. The van der Waals surface area contributed by atoms with E-state index in [1.807, 2.05) is 13.8 Å². The first-order chi connectivity index (χ1) is 12.9. The molecule has 0 aliphatic heterocycles. The van der Waals surface area contributed by atoms with Crippen LogP contribution in [0.5, 0.6) is 0 Å². The molecule has 3 N–H and O–H groups in total. The van der Waals surface area contributed by atoms with E-state index in [1.165, 1.54) is 6.42 Å². The van der Waals surface area contributed by atoms with Crippen molar-refractivity contribution in [3.63, 3.8) is 0 Å². The molecule has 0 aromatic heterocycles. The van der Waals surface area contributed by atoms with Crippen LogP contribution in [0.3, 0.4) is 0 Å². The van der Waals surface area contributed by atoms with E-state index < -0.39 is 11.8 Å². The molecule has 6 nitrogen and oxygen atoms in total. The largest absolute Gasteiger partial charge is 0.354 e. The van der Waals surface area contributed by atoms with Gasteiger partial charge in [0.25, 0.3) is 0 Å². The highest BCUT2D eigenvalue weighted by Crippen LogP contribution is 2.26. The van der Waals surface area contributed by atoms with E-state index in [9.17, 15) is 14.4 Å². The molecule has 6 heteroatoms. The number of hydrogen-bond acceptors (Lipinski definition) is 3. The summed E-state index contributed by atoms with van der Waals surface area (Å²) >= 11 is 0. The molecule has 3 amide bonds. The van der Waals surface area contributed by atoms with Crippen LogP contribution in [-0.4, -0.2) is 29.8 Å². The van der Waals surface area contributed by atoms with Crippen molar-refractivity contribution in [3.8, 4) is 0 Å². The molecule has 1 aromatic carbocycles. The van der Waals surface area contributed by atoms with Crippen LogP contribution in [-0.2, 0) is 20.8 Å². The molecular weight excluding hydrogens is 342 g/mol. The number of amides is 3. The SMILES string of the molecule is CCC1CCC(NC(=O)C(=O)Nc2ccc(CC(=O)NC(C)C)cc2)CC1. The molecule has 0 atom stereocenters. The zero-order chi connectivity index (χ0) is 19.8. The summed E-state index contributed by atoms with van der Waals surface area (Å²) < 4.78 is 0. The van der Waals surface area contributed by atoms with Crippen LogP contribution in [0.1, 0.15) is 58.4 Å². The Hall–Kier alpha value is -2.37. The van der Waals surface area contributed by atoms with E-state index in [1.54, 1.807) is 24.3 Å². The molecule has 0 saturated heterocycles. The maximum atomic E-state index is 12.1. The van der Waals surface area contributed by atoms with Crippen LogP contribution in [0.25, 0.3) is 0 Å². The highest BCUT2D eigenvalue weighted by atomic mass is 16.2. The first kappa shape index (κ1) is 20.9. The molecule has 1 aliphatic rings. The Balaban J connectivity index is 1.79. The molecule has 1 saturated carbocycles. The normalized spacial score (nSPS) is 19.4. The highest BCUT2D eigenvalue weighted by Gasteiger charge is 2.23. The van der Waals surface area contributed by atoms with Crippen molar-refractivity contribution in [1.29, 1.82) is 0 Å². The Kier molecular flexibility index (Phi) is 7.82. The molecule has 2 rings (SSSR count). The number of carbonyl (C=O) groups is 3. The molecule has 148 valence electrons. The highest BCUT2D eigenvalue weighted by molar-refractivity contribution is 6.39. The summed E-state index contributed by atoms with van der Waals surface area (Å²) in [6, 6.07) is 7.16. The molecule has 1 aliphatic carbocycles. The van der Waals surface area contributed by atoms with Crippen molar-refractivity contribution in [2.45, 2.75) is 71.4 Å². The Bertz CT molecular complexity index is 647. The lowest BCUT2D eigenvalue weighted by molar-refractivity contribution is -0.136. The zero-order valence-electron chi connectivity index (χ0n) is 16.5. The third-order valence-corrected chi connectivity index (χ3v) is 4.99. The van der Waals surface area contributed by atoms with Crippen molar-refractivity contribution in [3.05, 3.63) is 29.8 Å². The van der Waals surface area contributed by atoms with Gasteiger partial charge >= 0.3 is 11.8 Å². The zero-order valence-corrected chi connectivity index (χ0v) is 16.5. The molecule has 0 heterocycles. The van der Waals surface area contributed by atoms with E-state index in [4.69, 9.17) is 0 Å². The van der Waals surface area contributed by atoms with Gasteiger partial charge in [0.15, 0.2) is 0 Å². The first-order valence-corrected chi connectivity index (χ1v) is 9.87. The molecule has 0 unspecified atom stereocenters. The number of benzene rings is 1. The number of carbonyl (C=O) groups excluding carboxylic acids is 3. The van der Waals surface area contributed by atoms with E-state index in [-0.39, 0.29) is 24.4 Å².